The van der Waals surface area contributed by atoms with Gasteiger partial charge in [0, 0.05) is 0 Å². The van der Waals surface area contributed by atoms with Crippen molar-refractivity contribution in [3.8, 4) is 0 Å². The number of nitrogens with zero attached hydrogens (tertiary/aromatic N) is 4. The van der Waals surface area contributed by atoms with Crippen molar-refractivity contribution in [2.24, 2.45) is 11.3 Å². The molecule has 1 fully saturated rings. The minimum Gasteiger partial charge on any atom is -0.412 e. The van der Waals surface area contributed by atoms with E-state index in [0.29, 0.717) is 23.6 Å². The lowest BCUT2D eigenvalue weighted by Crippen LogP contribution is -2.68. The van der Waals surface area contributed by atoms with Gasteiger partial charge in [0.15, 0.2) is 17.2 Å². The summed E-state index contributed by atoms with van der Waals surface area (Å²) < 4.78 is 14.2. The molecule has 0 unspecified atom stereocenters. The van der Waals surface area contributed by atoms with Crippen LogP contribution in [0.3, 0.4) is 0 Å². The maximum absolute atomic E-state index is 10.1. The van der Waals surface area contributed by atoms with Crippen LogP contribution in [0.15, 0.2) is 12.7 Å². The van der Waals surface area contributed by atoms with Crippen LogP contribution >= 0.6 is 0 Å². The van der Waals surface area contributed by atoms with E-state index >= 15 is 0 Å². The fourth-order valence-electron chi connectivity index (χ4n) is 3.40. The first kappa shape index (κ1) is 18.2. The molecule has 1 saturated heterocycles. The number of aliphatic hydroxyl groups excluding tert-OH is 1. The summed E-state index contributed by atoms with van der Waals surface area (Å²) in [5.41, 5.74) is 6.08. The fourth-order valence-corrected chi connectivity index (χ4v) is 3.89. The van der Waals surface area contributed by atoms with Crippen molar-refractivity contribution in [3.05, 3.63) is 12.7 Å². The van der Waals surface area contributed by atoms with Crippen molar-refractivity contribution in [2.45, 2.75) is 45.7 Å². The molecule has 3 heterocycles. The normalized spacial score (nSPS) is 27.0. The molecule has 2 aromatic heterocycles. The number of anilines is 1. The largest absolute Gasteiger partial charge is 0.412 e. The summed E-state index contributed by atoms with van der Waals surface area (Å²) >= 11 is 0. The van der Waals surface area contributed by atoms with E-state index in [4.69, 9.17) is 14.9 Å². The Hall–Kier alpha value is -1.55. The lowest BCUT2D eigenvalue weighted by atomic mass is 9.71. The number of hydrogen-bond acceptors (Lipinski definition) is 7. The first-order chi connectivity index (χ1) is 11.7. The predicted molar refractivity (Wildman–Crippen MR) is 96.0 cm³/mol. The summed E-state index contributed by atoms with van der Waals surface area (Å²) in [6.45, 7) is 10.8. The molecule has 1 radical (unpaired) electrons. The minimum atomic E-state index is -0.931. The van der Waals surface area contributed by atoms with E-state index in [0.717, 1.165) is 0 Å². The number of hydrogen-bond donors (Lipinski definition) is 2. The van der Waals surface area contributed by atoms with Gasteiger partial charge >= 0.3 is 0 Å². The number of nitrogens with two attached hydrogens (primary N) is 1. The molecule has 3 rings (SSSR count). The molecule has 0 amide bonds. The van der Waals surface area contributed by atoms with Crippen LogP contribution in [0, 0.1) is 11.3 Å². The van der Waals surface area contributed by atoms with Crippen molar-refractivity contribution in [3.63, 3.8) is 0 Å². The van der Waals surface area contributed by atoms with E-state index in [1.807, 2.05) is 4.57 Å². The number of ether oxygens (including phenoxy) is 1. The molecule has 2 aromatic rings. The highest BCUT2D eigenvalue weighted by Gasteiger charge is 2.60. The molecule has 9 heteroatoms. The average molecular weight is 365 g/mol. The van der Waals surface area contributed by atoms with Crippen LogP contribution in [0.25, 0.3) is 11.2 Å². The highest BCUT2D eigenvalue weighted by atomic mass is 28.3. The molecule has 0 bridgehead atoms. The third kappa shape index (κ3) is 2.95. The topological polar surface area (TPSA) is 108 Å². The molecule has 137 valence electrons. The van der Waals surface area contributed by atoms with E-state index in [9.17, 15) is 5.11 Å². The van der Waals surface area contributed by atoms with Crippen molar-refractivity contribution in [2.75, 3.05) is 18.9 Å². The van der Waals surface area contributed by atoms with E-state index < -0.39 is 14.8 Å². The molecule has 0 aromatic carbocycles. The Balaban J connectivity index is 2.08. The second-order valence-electron chi connectivity index (χ2n) is 7.78. The third-order valence-electron chi connectivity index (χ3n) is 4.66. The van der Waals surface area contributed by atoms with Gasteiger partial charge in [-0.05, 0) is 18.5 Å². The zero-order chi connectivity index (χ0) is 18.4. The zero-order valence-electron chi connectivity index (χ0n) is 15.4. The molecule has 8 nitrogen and oxygen atoms in total. The zero-order valence-corrected chi connectivity index (χ0v) is 16.4. The van der Waals surface area contributed by atoms with Crippen LogP contribution < -0.4 is 5.73 Å². The predicted octanol–water partition coefficient (Wildman–Crippen LogP) is 1.38. The highest BCUT2D eigenvalue weighted by molar-refractivity contribution is 6.48. The van der Waals surface area contributed by atoms with Crippen LogP contribution in [-0.4, -0.2) is 53.0 Å². The summed E-state index contributed by atoms with van der Waals surface area (Å²) in [4.78, 5) is 12.7. The Bertz CT molecular complexity index is 760. The van der Waals surface area contributed by atoms with Crippen LogP contribution in [-0.2, 0) is 14.9 Å². The molecule has 3 N–H and O–H groups in total. The molecular formula is C16H26N5O3Si. The second kappa shape index (κ2) is 6.31. The van der Waals surface area contributed by atoms with Gasteiger partial charge in [-0.1, -0.05) is 20.8 Å². The minimum absolute atomic E-state index is 0.0129. The number of rotatable bonds is 5. The Labute approximate surface area is 149 Å². The van der Waals surface area contributed by atoms with Crippen LogP contribution in [0.2, 0.25) is 13.1 Å². The van der Waals surface area contributed by atoms with Crippen LogP contribution in [0.1, 0.15) is 20.8 Å². The van der Waals surface area contributed by atoms with Gasteiger partial charge < -0.3 is 20.0 Å². The first-order valence-corrected chi connectivity index (χ1v) is 10.8. The maximum atomic E-state index is 10.1. The molecule has 1 aliphatic heterocycles. The van der Waals surface area contributed by atoms with E-state index in [-0.39, 0.29) is 24.0 Å². The summed E-state index contributed by atoms with van der Waals surface area (Å²) in [6.07, 6.45) is 2.97. The highest BCUT2D eigenvalue weighted by Crippen LogP contribution is 2.51. The number of aromatic nitrogens is 4. The van der Waals surface area contributed by atoms with Gasteiger partial charge in [0.2, 0.25) is 9.04 Å². The second-order valence-corrected chi connectivity index (χ2v) is 9.89. The molecule has 25 heavy (non-hydrogen) atoms. The van der Waals surface area contributed by atoms with Crippen molar-refractivity contribution in [1.82, 2.24) is 19.5 Å². The van der Waals surface area contributed by atoms with Gasteiger partial charge in [-0.2, -0.15) is 0 Å². The van der Waals surface area contributed by atoms with Gasteiger partial charge in [0.25, 0.3) is 0 Å². The van der Waals surface area contributed by atoms with Gasteiger partial charge in [-0.15, -0.1) is 0 Å². The summed E-state index contributed by atoms with van der Waals surface area (Å²) in [5, 5.41) is 10.1. The first-order valence-electron chi connectivity index (χ1n) is 8.36. The van der Waals surface area contributed by atoms with E-state index in [1.54, 1.807) is 6.33 Å². The Morgan fingerprint density at radius 3 is 2.68 bits per heavy atom. The molecule has 1 aliphatic rings. The van der Waals surface area contributed by atoms with E-state index in [1.165, 1.54) is 6.33 Å². The lowest BCUT2D eigenvalue weighted by molar-refractivity contribution is -0.349. The van der Waals surface area contributed by atoms with Gasteiger partial charge in [0.1, 0.15) is 11.8 Å². The molecule has 3 atom stereocenters. The maximum Gasteiger partial charge on any atom is 0.205 e. The number of fused-ring (bicyclic) bond motifs is 1. The van der Waals surface area contributed by atoms with Crippen LogP contribution in [0.5, 0.6) is 0 Å². The average Bonchev–Trinajstić information content (AvgIpc) is 2.91. The summed E-state index contributed by atoms with van der Waals surface area (Å²) in [6, 6.07) is 0. The fraction of sp³-hybridized carbons (Fsp3) is 0.688. The number of imidazole rings is 1. The number of aliphatic hydroxyl groups is 1. The Kier molecular flexibility index (Phi) is 4.61. The van der Waals surface area contributed by atoms with Crippen molar-refractivity contribution >= 4 is 26.0 Å². The quantitative estimate of drug-likeness (QED) is 0.772. The summed E-state index contributed by atoms with van der Waals surface area (Å²) in [7, 11) is -0.931. The molecular weight excluding hydrogens is 338 g/mol. The summed E-state index contributed by atoms with van der Waals surface area (Å²) in [5.74, 6) is 0.185. The van der Waals surface area contributed by atoms with Crippen LogP contribution in [0.4, 0.5) is 5.82 Å². The van der Waals surface area contributed by atoms with Crippen molar-refractivity contribution < 1.29 is 14.3 Å². The molecule has 0 saturated carbocycles. The lowest BCUT2D eigenvalue weighted by Gasteiger charge is -2.58. The SMILES string of the molecule is C[Si](C)OC[C@]1(n2cnc3c(N)ncnc32)O[C@H](C(C)(C)C)[C@H]1CO. The number of nitrogen functional groups attached to an aromatic ring is 1. The van der Waals surface area contributed by atoms with E-state index in [2.05, 4.69) is 48.8 Å². The van der Waals surface area contributed by atoms with Gasteiger partial charge in [-0.25, -0.2) is 15.0 Å². The Morgan fingerprint density at radius 1 is 1.36 bits per heavy atom. The third-order valence-corrected chi connectivity index (χ3v) is 5.39. The monoisotopic (exact) mass is 364 g/mol. The standard InChI is InChI=1S/C16H26N5O3Si/c1-15(2,3)12-10(6-22)16(24-12,7-23-25(4)5)21-9-20-11-13(17)18-8-19-14(11)21/h8-10,12,22H,6-7H2,1-5H3,(H2,17,18,19)/t10-,12+,16+/m1/s1. The molecule has 0 aliphatic carbocycles. The van der Waals surface area contributed by atoms with Gasteiger partial charge in [-0.3, -0.25) is 4.57 Å². The smallest absolute Gasteiger partial charge is 0.205 e. The van der Waals surface area contributed by atoms with Gasteiger partial charge in [0.05, 0.1) is 31.6 Å². The van der Waals surface area contributed by atoms with Crippen molar-refractivity contribution in [1.29, 1.82) is 0 Å². The molecule has 0 spiro atoms. The Morgan fingerprint density at radius 2 is 2.08 bits per heavy atom.